The average molecular weight is 360 g/mol. The Balaban J connectivity index is 2.12. The van der Waals surface area contributed by atoms with Gasteiger partial charge in [-0.3, -0.25) is 9.59 Å². The van der Waals surface area contributed by atoms with E-state index in [1.165, 1.54) is 20.2 Å². The van der Waals surface area contributed by atoms with Gasteiger partial charge in [-0.2, -0.15) is 18.2 Å². The SMILES string of the molecule is CN(C)C(=O)C(=O)NCc1ccc(-c2noc(C(F)(F)F)n2)c(F)c1. The number of likely N-dealkylation sites (N-methyl/N-ethyl adjacent to an activating group) is 1. The third kappa shape index (κ3) is 4.31. The standard InChI is InChI=1S/C14H12F4N4O3/c1-22(2)12(24)11(23)19-6-7-3-4-8(9(15)5-7)10-20-13(25-21-10)14(16,17)18/h3-5H,6H2,1-2H3,(H,19,23). The fourth-order valence-electron chi connectivity index (χ4n) is 1.76. The van der Waals surface area contributed by atoms with Crippen molar-refractivity contribution in [3.8, 4) is 11.4 Å². The Morgan fingerprint density at radius 3 is 2.48 bits per heavy atom. The molecule has 0 radical (unpaired) electrons. The molecule has 7 nitrogen and oxygen atoms in total. The van der Waals surface area contributed by atoms with Gasteiger partial charge in [-0.05, 0) is 17.7 Å². The third-order valence-corrected chi connectivity index (χ3v) is 3.00. The van der Waals surface area contributed by atoms with Crippen molar-refractivity contribution in [1.29, 1.82) is 0 Å². The largest absolute Gasteiger partial charge is 0.471 e. The van der Waals surface area contributed by atoms with E-state index in [0.717, 1.165) is 17.0 Å². The summed E-state index contributed by atoms with van der Waals surface area (Å²) in [6.45, 7) is -0.143. The molecule has 2 rings (SSSR count). The average Bonchev–Trinajstić information content (AvgIpc) is 3.01. The highest BCUT2D eigenvalue weighted by molar-refractivity contribution is 6.34. The van der Waals surface area contributed by atoms with E-state index in [9.17, 15) is 27.2 Å². The molecule has 11 heteroatoms. The molecule has 0 spiro atoms. The lowest BCUT2D eigenvalue weighted by molar-refractivity contribution is -0.159. The van der Waals surface area contributed by atoms with Crippen LogP contribution >= 0.6 is 0 Å². The van der Waals surface area contributed by atoms with Gasteiger partial charge in [0.25, 0.3) is 0 Å². The van der Waals surface area contributed by atoms with Gasteiger partial charge in [-0.15, -0.1) is 0 Å². The number of amides is 2. The van der Waals surface area contributed by atoms with Crippen LogP contribution in [0.25, 0.3) is 11.4 Å². The van der Waals surface area contributed by atoms with Crippen molar-refractivity contribution in [2.24, 2.45) is 0 Å². The summed E-state index contributed by atoms with van der Waals surface area (Å²) in [6, 6.07) is 3.48. The van der Waals surface area contributed by atoms with Crippen LogP contribution in [0.4, 0.5) is 17.6 Å². The highest BCUT2D eigenvalue weighted by Crippen LogP contribution is 2.30. The van der Waals surface area contributed by atoms with Crippen LogP contribution < -0.4 is 5.32 Å². The van der Waals surface area contributed by atoms with E-state index in [1.807, 2.05) is 0 Å². The second-order valence-corrected chi connectivity index (χ2v) is 5.12. The van der Waals surface area contributed by atoms with E-state index in [2.05, 4.69) is 20.0 Å². The normalized spacial score (nSPS) is 11.3. The number of nitrogens with one attached hydrogen (secondary N) is 1. The molecule has 0 saturated heterocycles. The van der Waals surface area contributed by atoms with Gasteiger partial charge >= 0.3 is 23.9 Å². The molecule has 1 N–H and O–H groups in total. The van der Waals surface area contributed by atoms with Crippen molar-refractivity contribution in [3.63, 3.8) is 0 Å². The highest BCUT2D eigenvalue weighted by Gasteiger charge is 2.38. The van der Waals surface area contributed by atoms with Gasteiger partial charge in [0.15, 0.2) is 0 Å². The summed E-state index contributed by atoms with van der Waals surface area (Å²) in [5.41, 5.74) is -0.000565. The highest BCUT2D eigenvalue weighted by atomic mass is 19.4. The van der Waals surface area contributed by atoms with Gasteiger partial charge < -0.3 is 14.7 Å². The number of carbonyl (C=O) groups is 2. The molecule has 0 aliphatic heterocycles. The number of benzene rings is 1. The fourth-order valence-corrected chi connectivity index (χ4v) is 1.76. The predicted octanol–water partition coefficient (Wildman–Crippen LogP) is 1.60. The maximum Gasteiger partial charge on any atom is 0.471 e. The summed E-state index contributed by atoms with van der Waals surface area (Å²) < 4.78 is 55.4. The minimum atomic E-state index is -4.83. The lowest BCUT2D eigenvalue weighted by Crippen LogP contribution is -2.38. The summed E-state index contributed by atoms with van der Waals surface area (Å²) in [5, 5.41) is 5.39. The van der Waals surface area contributed by atoms with Crippen molar-refractivity contribution in [1.82, 2.24) is 20.4 Å². The number of nitrogens with zero attached hydrogens (tertiary/aromatic N) is 3. The number of hydrogen-bond donors (Lipinski definition) is 1. The van der Waals surface area contributed by atoms with E-state index in [0.29, 0.717) is 5.56 Å². The minimum absolute atomic E-state index is 0.143. The molecule has 0 unspecified atom stereocenters. The summed E-state index contributed by atoms with van der Waals surface area (Å²) in [4.78, 5) is 27.0. The fraction of sp³-hybridized carbons (Fsp3) is 0.286. The van der Waals surface area contributed by atoms with Gasteiger partial charge in [-0.1, -0.05) is 11.2 Å². The molecule has 0 atom stereocenters. The van der Waals surface area contributed by atoms with Crippen LogP contribution in [0.2, 0.25) is 0 Å². The summed E-state index contributed by atoms with van der Waals surface area (Å²) in [5.74, 6) is -4.69. The van der Waals surface area contributed by atoms with Crippen LogP contribution in [-0.4, -0.2) is 41.0 Å². The van der Waals surface area contributed by atoms with Crippen LogP contribution in [0, 0.1) is 5.82 Å². The number of carbonyl (C=O) groups excluding carboxylic acids is 2. The number of hydrogen-bond acceptors (Lipinski definition) is 5. The maximum absolute atomic E-state index is 14.1. The number of alkyl halides is 3. The number of aromatic nitrogens is 2. The Kier molecular flexibility index (Phi) is 5.04. The molecule has 1 heterocycles. The predicted molar refractivity (Wildman–Crippen MR) is 75.2 cm³/mol. The first-order valence-electron chi connectivity index (χ1n) is 6.78. The lowest BCUT2D eigenvalue weighted by atomic mass is 10.1. The molecule has 0 fully saturated rings. The Hall–Kier alpha value is -2.98. The van der Waals surface area contributed by atoms with Crippen LogP contribution in [-0.2, 0) is 22.3 Å². The molecular weight excluding hydrogens is 348 g/mol. The summed E-state index contributed by atoms with van der Waals surface area (Å²) >= 11 is 0. The first-order chi connectivity index (χ1) is 11.6. The molecule has 25 heavy (non-hydrogen) atoms. The molecule has 1 aromatic carbocycles. The van der Waals surface area contributed by atoms with Crippen molar-refractivity contribution in [2.75, 3.05) is 14.1 Å². The zero-order chi connectivity index (χ0) is 18.8. The second-order valence-electron chi connectivity index (χ2n) is 5.12. The van der Waals surface area contributed by atoms with Crippen LogP contribution in [0.3, 0.4) is 0 Å². The molecule has 0 aliphatic rings. The van der Waals surface area contributed by atoms with Crippen LogP contribution in [0.1, 0.15) is 11.5 Å². The van der Waals surface area contributed by atoms with E-state index < -0.39 is 35.5 Å². The summed E-state index contributed by atoms with van der Waals surface area (Å²) in [6.07, 6.45) is -4.83. The van der Waals surface area contributed by atoms with Gasteiger partial charge in [0, 0.05) is 20.6 Å². The molecule has 134 valence electrons. The van der Waals surface area contributed by atoms with Crippen molar-refractivity contribution in [2.45, 2.75) is 12.7 Å². The van der Waals surface area contributed by atoms with Crippen molar-refractivity contribution >= 4 is 11.8 Å². The Morgan fingerprint density at radius 1 is 1.28 bits per heavy atom. The first kappa shape index (κ1) is 18.4. The van der Waals surface area contributed by atoms with Gasteiger partial charge in [0.2, 0.25) is 5.82 Å². The molecule has 1 aromatic heterocycles. The number of rotatable bonds is 3. The van der Waals surface area contributed by atoms with Gasteiger partial charge in [0.05, 0.1) is 5.56 Å². The third-order valence-electron chi connectivity index (χ3n) is 3.00. The van der Waals surface area contributed by atoms with Gasteiger partial charge in [-0.25, -0.2) is 4.39 Å². The summed E-state index contributed by atoms with van der Waals surface area (Å²) in [7, 11) is 2.80. The lowest BCUT2D eigenvalue weighted by Gasteiger charge is -2.10. The van der Waals surface area contributed by atoms with Crippen LogP contribution in [0.5, 0.6) is 0 Å². The van der Waals surface area contributed by atoms with Gasteiger partial charge in [0.1, 0.15) is 5.82 Å². The van der Waals surface area contributed by atoms with E-state index in [4.69, 9.17) is 0 Å². The topological polar surface area (TPSA) is 88.3 Å². The second kappa shape index (κ2) is 6.87. The Labute approximate surface area is 138 Å². The first-order valence-corrected chi connectivity index (χ1v) is 6.78. The molecule has 0 bridgehead atoms. The zero-order valence-electron chi connectivity index (χ0n) is 13.0. The zero-order valence-corrected chi connectivity index (χ0v) is 13.0. The smallest absolute Gasteiger partial charge is 0.344 e. The minimum Gasteiger partial charge on any atom is -0.344 e. The quantitative estimate of drug-likeness (QED) is 0.664. The van der Waals surface area contributed by atoms with E-state index >= 15 is 0 Å². The Morgan fingerprint density at radius 2 is 1.96 bits per heavy atom. The maximum atomic E-state index is 14.1. The van der Waals surface area contributed by atoms with Crippen molar-refractivity contribution < 1.29 is 31.7 Å². The van der Waals surface area contributed by atoms with Crippen molar-refractivity contribution in [3.05, 3.63) is 35.5 Å². The van der Waals surface area contributed by atoms with Crippen LogP contribution in [0.15, 0.2) is 22.7 Å². The molecule has 0 aliphatic carbocycles. The van der Waals surface area contributed by atoms with E-state index in [-0.39, 0.29) is 12.1 Å². The van der Waals surface area contributed by atoms with E-state index in [1.54, 1.807) is 0 Å². The molecule has 0 saturated carbocycles. The Bertz CT molecular complexity index is 802. The number of halogens is 4. The molecule has 2 aromatic rings. The molecular formula is C14H12F4N4O3. The molecule has 2 amide bonds. The monoisotopic (exact) mass is 360 g/mol.